The summed E-state index contributed by atoms with van der Waals surface area (Å²) in [6.07, 6.45) is 35.1. The number of phosphoric acid groups is 2. The van der Waals surface area contributed by atoms with Gasteiger partial charge in [0.05, 0.1) is 26.4 Å². The summed E-state index contributed by atoms with van der Waals surface area (Å²) < 4.78 is 67.4. The Morgan fingerprint density at radius 3 is 0.776 bits per heavy atom. The summed E-state index contributed by atoms with van der Waals surface area (Å²) in [7, 11) is -9.86. The van der Waals surface area contributed by atoms with Gasteiger partial charge in [0.1, 0.15) is 19.3 Å². The zero-order chi connectivity index (χ0) is 56.2. The fourth-order valence-corrected chi connectivity index (χ4v) is 9.98. The molecule has 0 aromatic rings. The van der Waals surface area contributed by atoms with Crippen LogP contribution in [0, 0.1) is 0 Å². The van der Waals surface area contributed by atoms with Crippen LogP contribution in [-0.4, -0.2) is 96.7 Å². The first-order valence-electron chi connectivity index (χ1n) is 30.3. The highest BCUT2D eigenvalue weighted by Crippen LogP contribution is 2.45. The van der Waals surface area contributed by atoms with E-state index in [0.717, 1.165) is 89.9 Å². The molecule has 3 N–H and O–H groups in total. The van der Waals surface area contributed by atoms with Crippen LogP contribution in [0.1, 0.15) is 285 Å². The molecule has 5 atom stereocenters. The molecule has 0 saturated heterocycles. The van der Waals surface area contributed by atoms with Crippen LogP contribution in [0.3, 0.4) is 0 Å². The molecule has 0 heterocycles. The maximum Gasteiger partial charge on any atom is 0.472 e. The van der Waals surface area contributed by atoms with Gasteiger partial charge in [0, 0.05) is 25.7 Å². The van der Waals surface area contributed by atoms with Crippen LogP contribution in [0.2, 0.25) is 0 Å². The van der Waals surface area contributed by atoms with Gasteiger partial charge < -0.3 is 33.8 Å². The van der Waals surface area contributed by atoms with Crippen LogP contribution < -0.4 is 0 Å². The molecule has 0 amide bonds. The largest absolute Gasteiger partial charge is 0.472 e. The normalized spacial score (nSPS) is 14.4. The van der Waals surface area contributed by atoms with Crippen LogP contribution in [0.25, 0.3) is 0 Å². The molecular formula is C57H110O17P2. The zero-order valence-corrected chi connectivity index (χ0v) is 50.0. The van der Waals surface area contributed by atoms with Crippen molar-refractivity contribution in [1.82, 2.24) is 0 Å². The summed E-state index contributed by atoms with van der Waals surface area (Å²) in [6, 6.07) is 0. The van der Waals surface area contributed by atoms with E-state index in [4.69, 9.17) is 37.0 Å². The van der Waals surface area contributed by atoms with E-state index in [1.54, 1.807) is 0 Å². The lowest BCUT2D eigenvalue weighted by atomic mass is 10.0. The number of unbranched alkanes of at least 4 members (excludes halogenated alkanes) is 32. The van der Waals surface area contributed by atoms with Crippen molar-refractivity contribution in [1.29, 1.82) is 0 Å². The van der Waals surface area contributed by atoms with E-state index >= 15 is 0 Å². The summed E-state index contributed by atoms with van der Waals surface area (Å²) in [6.45, 7) is 4.73. The second kappa shape index (κ2) is 52.4. The standard InChI is InChI=1S/C57H110O17P2/c1-5-9-13-17-20-23-25-26-29-32-36-40-44-57(62)74-53(48-68-54(59)41-37-34-30-27-22-19-15-11-7-3)50-72-76(65,66)70-46-51(58)45-69-75(63,64)71-49-52(73-56(61)43-39-33-16-12-8-4)47-67-55(60)42-38-35-31-28-24-21-18-14-10-6-2/h51-53,58H,5-50H2,1-4H3,(H,63,64)(H,65,66)/t51-,52+,53+/m0/s1. The fourth-order valence-electron chi connectivity index (χ4n) is 8.40. The molecule has 19 heteroatoms. The fraction of sp³-hybridized carbons (Fsp3) is 0.930. The lowest BCUT2D eigenvalue weighted by Crippen LogP contribution is -2.30. The number of rotatable bonds is 58. The summed E-state index contributed by atoms with van der Waals surface area (Å²) in [5.74, 6) is -2.15. The zero-order valence-electron chi connectivity index (χ0n) is 48.2. The van der Waals surface area contributed by atoms with Gasteiger partial charge in [-0.1, -0.05) is 233 Å². The molecular weight excluding hydrogens is 1020 g/mol. The lowest BCUT2D eigenvalue weighted by molar-refractivity contribution is -0.161. The van der Waals surface area contributed by atoms with E-state index in [1.165, 1.54) is 116 Å². The molecule has 0 aromatic heterocycles. The summed E-state index contributed by atoms with van der Waals surface area (Å²) in [5.41, 5.74) is 0. The molecule has 0 aliphatic rings. The van der Waals surface area contributed by atoms with Gasteiger partial charge in [0.15, 0.2) is 12.2 Å². The molecule has 0 rings (SSSR count). The summed E-state index contributed by atoms with van der Waals surface area (Å²) >= 11 is 0. The molecule has 0 saturated carbocycles. The van der Waals surface area contributed by atoms with E-state index < -0.39 is 97.5 Å². The molecule has 450 valence electrons. The maximum absolute atomic E-state index is 12.9. The van der Waals surface area contributed by atoms with Gasteiger partial charge in [-0.2, -0.15) is 0 Å². The Morgan fingerprint density at radius 2 is 0.526 bits per heavy atom. The number of carbonyl (C=O) groups excluding carboxylic acids is 4. The molecule has 0 bridgehead atoms. The number of ether oxygens (including phenoxy) is 4. The predicted octanol–water partition coefficient (Wildman–Crippen LogP) is 15.2. The van der Waals surface area contributed by atoms with Crippen molar-refractivity contribution in [2.24, 2.45) is 0 Å². The SMILES string of the molecule is CCCCCCCCCCCCCCC(=O)O[C@H](COC(=O)CCCCCCCCCCC)COP(=O)(O)OC[C@@H](O)COP(=O)(O)OC[C@@H](COC(=O)CCCCCCCCCCCC)OC(=O)CCCCCCC. The smallest absolute Gasteiger partial charge is 0.462 e. The van der Waals surface area contributed by atoms with E-state index in [-0.39, 0.29) is 25.7 Å². The van der Waals surface area contributed by atoms with Crippen LogP contribution in [-0.2, 0) is 65.4 Å². The Balaban J connectivity index is 5.14. The van der Waals surface area contributed by atoms with Crippen molar-refractivity contribution in [2.75, 3.05) is 39.6 Å². The highest BCUT2D eigenvalue weighted by molar-refractivity contribution is 7.47. The Kier molecular flexibility index (Phi) is 51.1. The third-order valence-electron chi connectivity index (χ3n) is 13.1. The molecule has 0 radical (unpaired) electrons. The lowest BCUT2D eigenvalue weighted by Gasteiger charge is -2.21. The highest BCUT2D eigenvalue weighted by atomic mass is 31.2. The minimum absolute atomic E-state index is 0.100. The van der Waals surface area contributed by atoms with Gasteiger partial charge in [-0.3, -0.25) is 37.3 Å². The van der Waals surface area contributed by atoms with Crippen molar-refractivity contribution in [2.45, 2.75) is 303 Å². The highest BCUT2D eigenvalue weighted by Gasteiger charge is 2.30. The van der Waals surface area contributed by atoms with Crippen LogP contribution in [0.4, 0.5) is 0 Å². The molecule has 0 fully saturated rings. The van der Waals surface area contributed by atoms with Gasteiger partial charge >= 0.3 is 39.5 Å². The minimum atomic E-state index is -4.93. The Bertz CT molecular complexity index is 1490. The summed E-state index contributed by atoms with van der Waals surface area (Å²) in [5, 5.41) is 10.5. The number of hydrogen-bond donors (Lipinski definition) is 3. The maximum atomic E-state index is 12.9. The van der Waals surface area contributed by atoms with Crippen molar-refractivity contribution in [3.63, 3.8) is 0 Å². The van der Waals surface area contributed by atoms with Crippen LogP contribution in [0.15, 0.2) is 0 Å². The first kappa shape index (κ1) is 74.1. The van der Waals surface area contributed by atoms with Gasteiger partial charge in [-0.25, -0.2) is 9.13 Å². The van der Waals surface area contributed by atoms with E-state index in [9.17, 15) is 43.2 Å². The van der Waals surface area contributed by atoms with Crippen molar-refractivity contribution in [3.8, 4) is 0 Å². The molecule has 76 heavy (non-hydrogen) atoms. The number of hydrogen-bond acceptors (Lipinski definition) is 15. The number of esters is 4. The third-order valence-corrected chi connectivity index (χ3v) is 15.0. The number of aliphatic hydroxyl groups excluding tert-OH is 1. The first-order chi connectivity index (χ1) is 36.7. The van der Waals surface area contributed by atoms with Crippen molar-refractivity contribution < 1.29 is 80.2 Å². The summed E-state index contributed by atoms with van der Waals surface area (Å²) in [4.78, 5) is 71.5. The molecule has 17 nitrogen and oxygen atoms in total. The van der Waals surface area contributed by atoms with E-state index in [2.05, 4.69) is 27.7 Å². The van der Waals surface area contributed by atoms with Crippen molar-refractivity contribution in [3.05, 3.63) is 0 Å². The Hall–Kier alpha value is -1.94. The second-order valence-electron chi connectivity index (χ2n) is 20.7. The average molecular weight is 1130 g/mol. The number of aliphatic hydroxyl groups is 1. The van der Waals surface area contributed by atoms with Gasteiger partial charge in [-0.15, -0.1) is 0 Å². The Labute approximate surface area is 460 Å². The van der Waals surface area contributed by atoms with Gasteiger partial charge in [0.2, 0.25) is 0 Å². The van der Waals surface area contributed by atoms with E-state index in [0.29, 0.717) is 25.7 Å². The molecule has 0 aliphatic carbocycles. The number of phosphoric ester groups is 2. The van der Waals surface area contributed by atoms with Gasteiger partial charge in [-0.05, 0) is 25.7 Å². The monoisotopic (exact) mass is 1130 g/mol. The quantitative estimate of drug-likeness (QED) is 0.0222. The van der Waals surface area contributed by atoms with Gasteiger partial charge in [0.25, 0.3) is 0 Å². The minimum Gasteiger partial charge on any atom is -0.462 e. The van der Waals surface area contributed by atoms with Crippen LogP contribution >= 0.6 is 15.6 Å². The first-order valence-corrected chi connectivity index (χ1v) is 33.3. The third kappa shape index (κ3) is 51.5. The second-order valence-corrected chi connectivity index (χ2v) is 23.6. The number of carbonyl (C=O) groups is 4. The topological polar surface area (TPSA) is 237 Å². The Morgan fingerprint density at radius 1 is 0.316 bits per heavy atom. The average Bonchev–Trinajstić information content (AvgIpc) is 3.39. The van der Waals surface area contributed by atoms with Crippen molar-refractivity contribution >= 4 is 39.5 Å². The predicted molar refractivity (Wildman–Crippen MR) is 299 cm³/mol. The van der Waals surface area contributed by atoms with E-state index in [1.807, 2.05) is 0 Å². The molecule has 0 spiro atoms. The molecule has 0 aromatic carbocycles. The molecule has 2 unspecified atom stereocenters. The van der Waals surface area contributed by atoms with Crippen LogP contribution in [0.5, 0.6) is 0 Å². The molecule has 0 aliphatic heterocycles.